The van der Waals surface area contributed by atoms with Gasteiger partial charge in [0.25, 0.3) is 0 Å². The summed E-state index contributed by atoms with van der Waals surface area (Å²) < 4.78 is 36.7. The second-order valence-corrected chi connectivity index (χ2v) is 11.3. The zero-order valence-electron chi connectivity index (χ0n) is 18.7. The van der Waals surface area contributed by atoms with Crippen LogP contribution in [-0.2, 0) is 10.0 Å². The van der Waals surface area contributed by atoms with E-state index in [0.717, 1.165) is 5.75 Å². The van der Waals surface area contributed by atoms with Gasteiger partial charge in [-0.1, -0.05) is 30.3 Å². The van der Waals surface area contributed by atoms with Crippen molar-refractivity contribution >= 4 is 38.3 Å². The first-order valence-electron chi connectivity index (χ1n) is 11.0. The molecule has 0 aliphatic carbocycles. The zero-order chi connectivity index (χ0) is 24.1. The molecule has 0 spiro atoms. The van der Waals surface area contributed by atoms with Crippen LogP contribution in [0.2, 0.25) is 0 Å². The van der Waals surface area contributed by atoms with Crippen LogP contribution in [0.1, 0.15) is 30.8 Å². The smallest absolute Gasteiger partial charge is 0.214 e. The van der Waals surface area contributed by atoms with Gasteiger partial charge in [0.1, 0.15) is 17.6 Å². The molecule has 1 aromatic heterocycles. The first-order valence-corrected chi connectivity index (χ1v) is 13.9. The number of nitrogens with zero attached hydrogens (tertiary/aromatic N) is 4. The number of benzene rings is 2. The van der Waals surface area contributed by atoms with E-state index >= 15 is 0 Å². The number of rotatable bonds is 9. The Bertz CT molecular complexity index is 1180. The molecule has 0 bridgehead atoms. The molecule has 1 aliphatic heterocycles. The quantitative estimate of drug-likeness (QED) is 0.426. The molecule has 1 N–H and O–H groups in total. The van der Waals surface area contributed by atoms with Crippen molar-refractivity contribution in [3.05, 3.63) is 66.0 Å². The Kier molecular flexibility index (Phi) is 8.05. The van der Waals surface area contributed by atoms with Gasteiger partial charge in [-0.25, -0.2) is 13.4 Å². The van der Waals surface area contributed by atoms with Crippen molar-refractivity contribution < 1.29 is 18.3 Å². The Morgan fingerprint density at radius 2 is 1.85 bits per heavy atom. The van der Waals surface area contributed by atoms with E-state index < -0.39 is 16.1 Å². The molecule has 1 fully saturated rings. The van der Waals surface area contributed by atoms with Gasteiger partial charge in [-0.15, -0.1) is 11.6 Å². The van der Waals surface area contributed by atoms with E-state index in [9.17, 15) is 13.5 Å². The van der Waals surface area contributed by atoms with Crippen molar-refractivity contribution in [2.45, 2.75) is 25.5 Å². The van der Waals surface area contributed by atoms with E-state index in [1.165, 1.54) is 15.8 Å². The topological polar surface area (TPSA) is 95.9 Å². The number of halogens is 1. The average molecular weight is 523 g/mol. The highest BCUT2D eigenvalue weighted by Crippen LogP contribution is 2.29. The summed E-state index contributed by atoms with van der Waals surface area (Å²) in [6.45, 7) is 3.24. The lowest BCUT2D eigenvalue weighted by Crippen LogP contribution is -2.54. The number of piperazine rings is 1. The molecule has 8 nitrogen and oxygen atoms in total. The number of alkyl halides is 1. The van der Waals surface area contributed by atoms with E-state index in [4.69, 9.17) is 16.3 Å². The average Bonchev–Trinajstić information content (AvgIpc) is 3.33. The Balaban J connectivity index is 1.39. The van der Waals surface area contributed by atoms with Crippen molar-refractivity contribution in [2.75, 3.05) is 36.2 Å². The molecule has 2 heterocycles. The normalized spacial score (nSPS) is 18.1. The molecule has 0 radical (unpaired) electrons. The molecule has 2 aromatic carbocycles. The molecule has 1 saturated heterocycles. The molecule has 2 unspecified atom stereocenters. The number of sulfonamides is 1. The van der Waals surface area contributed by atoms with Gasteiger partial charge in [0.15, 0.2) is 5.82 Å². The Morgan fingerprint density at radius 3 is 2.53 bits per heavy atom. The number of anilines is 1. The van der Waals surface area contributed by atoms with Crippen LogP contribution in [0.5, 0.6) is 11.5 Å². The third-order valence-electron chi connectivity index (χ3n) is 5.62. The maximum Gasteiger partial charge on any atom is 0.214 e. The zero-order valence-corrected chi connectivity index (χ0v) is 21.1. The van der Waals surface area contributed by atoms with Gasteiger partial charge in [-0.2, -0.15) is 8.68 Å². The number of aliphatic hydroxyl groups is 1. The fraction of sp³-hybridized carbons (Fsp3) is 0.391. The fourth-order valence-electron chi connectivity index (χ4n) is 3.77. The Morgan fingerprint density at radius 1 is 1.15 bits per heavy atom. The molecule has 34 heavy (non-hydrogen) atoms. The van der Waals surface area contributed by atoms with Gasteiger partial charge in [-0.05, 0) is 43.2 Å². The van der Waals surface area contributed by atoms with Crippen LogP contribution in [0.15, 0.2) is 54.6 Å². The number of aliphatic hydroxyl groups excluding tert-OH is 1. The first-order chi connectivity index (χ1) is 16.4. The fourth-order valence-corrected chi connectivity index (χ4v) is 6.46. The van der Waals surface area contributed by atoms with Gasteiger partial charge >= 0.3 is 0 Å². The minimum atomic E-state index is -3.31. The van der Waals surface area contributed by atoms with Crippen molar-refractivity contribution in [1.29, 1.82) is 0 Å². The van der Waals surface area contributed by atoms with E-state index in [2.05, 4.69) is 9.36 Å². The van der Waals surface area contributed by atoms with Gasteiger partial charge < -0.3 is 14.7 Å². The second-order valence-electron chi connectivity index (χ2n) is 8.08. The highest BCUT2D eigenvalue weighted by atomic mass is 35.5. The first kappa shape index (κ1) is 24.9. The predicted octanol–water partition coefficient (Wildman–Crippen LogP) is 3.88. The summed E-state index contributed by atoms with van der Waals surface area (Å²) in [5.41, 5.74) is 0.660. The van der Waals surface area contributed by atoms with E-state index in [0.29, 0.717) is 54.2 Å². The van der Waals surface area contributed by atoms with Crippen LogP contribution in [-0.4, -0.2) is 64.5 Å². The molecule has 3 aromatic rings. The van der Waals surface area contributed by atoms with Gasteiger partial charge in [0, 0.05) is 43.1 Å². The molecule has 182 valence electrons. The summed E-state index contributed by atoms with van der Waals surface area (Å²) in [6, 6.07) is 16.6. The molecule has 2 atom stereocenters. The van der Waals surface area contributed by atoms with Crippen molar-refractivity contribution in [3.63, 3.8) is 0 Å². The SMILES string of the molecule is CC1CN(S(=O)(=O)CCCCl)CCN1c1nc(C(O)c2ccc(Oc3ccccc3)cc2)ns1. The predicted molar refractivity (Wildman–Crippen MR) is 134 cm³/mol. The lowest BCUT2D eigenvalue weighted by atomic mass is 10.1. The summed E-state index contributed by atoms with van der Waals surface area (Å²) >= 11 is 6.86. The number of hydrogen-bond donors (Lipinski definition) is 1. The van der Waals surface area contributed by atoms with Crippen LogP contribution in [0.4, 0.5) is 5.13 Å². The third-order valence-corrected chi connectivity index (χ3v) is 8.57. The monoisotopic (exact) mass is 522 g/mol. The molecule has 1 aliphatic rings. The highest BCUT2D eigenvalue weighted by Gasteiger charge is 2.32. The Labute approximate surface area is 209 Å². The highest BCUT2D eigenvalue weighted by molar-refractivity contribution is 7.89. The van der Waals surface area contributed by atoms with Crippen molar-refractivity contribution in [1.82, 2.24) is 13.7 Å². The molecule has 4 rings (SSSR count). The van der Waals surface area contributed by atoms with Gasteiger partial charge in [0.05, 0.1) is 5.75 Å². The van der Waals surface area contributed by atoms with Crippen molar-refractivity contribution in [3.8, 4) is 11.5 Å². The van der Waals surface area contributed by atoms with E-state index in [-0.39, 0.29) is 11.8 Å². The van der Waals surface area contributed by atoms with Crippen LogP contribution < -0.4 is 9.64 Å². The summed E-state index contributed by atoms with van der Waals surface area (Å²) in [5.74, 6) is 2.12. The van der Waals surface area contributed by atoms with Gasteiger partial charge in [-0.3, -0.25) is 0 Å². The van der Waals surface area contributed by atoms with E-state index in [1.807, 2.05) is 42.2 Å². The standard InChI is InChI=1S/C23H27ClN4O4S2/c1-17-16-27(34(30,31)15-5-12-24)13-14-28(17)23-25-22(26-33-23)21(29)18-8-10-20(11-9-18)32-19-6-3-2-4-7-19/h2-4,6-11,17,21,29H,5,12-16H2,1H3. The largest absolute Gasteiger partial charge is 0.457 e. The minimum absolute atomic E-state index is 0.0630. The number of ether oxygens (including phenoxy) is 1. The number of aromatic nitrogens is 2. The van der Waals surface area contributed by atoms with Crippen LogP contribution in [0, 0.1) is 0 Å². The molecular formula is C23H27ClN4O4S2. The molecule has 11 heteroatoms. The maximum atomic E-state index is 12.5. The molecule has 0 amide bonds. The lowest BCUT2D eigenvalue weighted by Gasteiger charge is -2.38. The van der Waals surface area contributed by atoms with E-state index in [1.54, 1.807) is 24.3 Å². The summed E-state index contributed by atoms with van der Waals surface area (Å²) in [7, 11) is -3.31. The third kappa shape index (κ3) is 5.87. The van der Waals surface area contributed by atoms with Crippen LogP contribution in [0.25, 0.3) is 0 Å². The maximum absolute atomic E-state index is 12.5. The molecule has 0 saturated carbocycles. The second kappa shape index (κ2) is 11.0. The summed E-state index contributed by atoms with van der Waals surface area (Å²) in [5, 5.41) is 11.5. The summed E-state index contributed by atoms with van der Waals surface area (Å²) in [4.78, 5) is 6.59. The van der Waals surface area contributed by atoms with Crippen LogP contribution in [0.3, 0.4) is 0 Å². The summed E-state index contributed by atoms with van der Waals surface area (Å²) in [6.07, 6.45) is -0.529. The minimum Gasteiger partial charge on any atom is -0.457 e. The molecular weight excluding hydrogens is 496 g/mol. The van der Waals surface area contributed by atoms with Gasteiger partial charge in [0.2, 0.25) is 15.2 Å². The number of hydrogen-bond acceptors (Lipinski definition) is 8. The lowest BCUT2D eigenvalue weighted by molar-refractivity contribution is 0.211. The van der Waals surface area contributed by atoms with Crippen molar-refractivity contribution in [2.24, 2.45) is 0 Å². The Hall–Kier alpha value is -2.24. The number of para-hydroxylation sites is 1. The van der Waals surface area contributed by atoms with Crippen LogP contribution >= 0.6 is 23.1 Å².